The Morgan fingerprint density at radius 2 is 1.75 bits per heavy atom. The van der Waals surface area contributed by atoms with Gasteiger partial charge in [-0.25, -0.2) is 0 Å². The molecule has 2 nitrogen and oxygen atoms in total. The Kier molecular flexibility index (Phi) is 7.37. The number of likely N-dealkylation sites (tertiary alicyclic amines) is 1. The molecule has 3 atom stereocenters. The van der Waals surface area contributed by atoms with Gasteiger partial charge in [-0.15, -0.1) is 0 Å². The Morgan fingerprint density at radius 3 is 2.50 bits per heavy atom. The molecule has 1 heterocycles. The SMILES string of the molecule is CCCCCCCC(CN)N1CCC2CCCCC2C1. The van der Waals surface area contributed by atoms with Crippen LogP contribution in [-0.4, -0.2) is 30.6 Å². The second kappa shape index (κ2) is 9.04. The van der Waals surface area contributed by atoms with E-state index in [0.717, 1.165) is 18.4 Å². The zero-order valence-corrected chi connectivity index (χ0v) is 13.7. The molecule has 0 aromatic rings. The molecule has 0 amide bonds. The standard InChI is InChI=1S/C18H36N2/c1-2-3-4-5-6-11-18(14-19)20-13-12-16-9-7-8-10-17(16)15-20/h16-18H,2-15,19H2,1H3. The maximum Gasteiger partial charge on any atom is 0.0218 e. The van der Waals surface area contributed by atoms with Crippen LogP contribution < -0.4 is 5.73 Å². The predicted octanol–water partition coefficient (Wildman–Crippen LogP) is 4.19. The van der Waals surface area contributed by atoms with Crippen LogP contribution in [0.25, 0.3) is 0 Å². The fourth-order valence-corrected chi connectivity index (χ4v) is 4.39. The molecule has 2 fully saturated rings. The fourth-order valence-electron chi connectivity index (χ4n) is 4.39. The Balaban J connectivity index is 1.70. The summed E-state index contributed by atoms with van der Waals surface area (Å²) < 4.78 is 0. The largest absolute Gasteiger partial charge is 0.329 e. The minimum absolute atomic E-state index is 0.666. The van der Waals surface area contributed by atoms with Crippen molar-refractivity contribution in [3.05, 3.63) is 0 Å². The molecule has 1 saturated carbocycles. The normalized spacial score (nSPS) is 29.1. The lowest BCUT2D eigenvalue weighted by Gasteiger charge is -2.44. The molecule has 0 bridgehead atoms. The van der Waals surface area contributed by atoms with Crippen molar-refractivity contribution in [1.82, 2.24) is 4.90 Å². The summed E-state index contributed by atoms with van der Waals surface area (Å²) in [4.78, 5) is 2.74. The van der Waals surface area contributed by atoms with Gasteiger partial charge in [0.1, 0.15) is 0 Å². The molecule has 1 saturated heterocycles. The van der Waals surface area contributed by atoms with Gasteiger partial charge in [0.25, 0.3) is 0 Å². The second-order valence-electron chi connectivity index (χ2n) is 7.18. The van der Waals surface area contributed by atoms with E-state index in [4.69, 9.17) is 5.73 Å². The third-order valence-corrected chi connectivity index (χ3v) is 5.75. The van der Waals surface area contributed by atoms with Crippen molar-refractivity contribution in [2.24, 2.45) is 17.6 Å². The van der Waals surface area contributed by atoms with Crippen molar-refractivity contribution in [3.63, 3.8) is 0 Å². The Morgan fingerprint density at radius 1 is 1.00 bits per heavy atom. The van der Waals surface area contributed by atoms with Crippen LogP contribution in [0.1, 0.15) is 77.6 Å². The van der Waals surface area contributed by atoms with E-state index >= 15 is 0 Å². The third-order valence-electron chi connectivity index (χ3n) is 5.75. The Hall–Kier alpha value is -0.0800. The van der Waals surface area contributed by atoms with E-state index in [-0.39, 0.29) is 0 Å². The van der Waals surface area contributed by atoms with E-state index in [1.54, 1.807) is 0 Å². The number of unbranched alkanes of at least 4 members (excludes halogenated alkanes) is 4. The molecule has 2 heteroatoms. The summed E-state index contributed by atoms with van der Waals surface area (Å²) in [5.74, 6) is 2.04. The van der Waals surface area contributed by atoms with Crippen molar-refractivity contribution in [2.75, 3.05) is 19.6 Å². The average Bonchev–Trinajstić information content (AvgIpc) is 2.50. The highest BCUT2D eigenvalue weighted by atomic mass is 15.2. The maximum atomic E-state index is 6.07. The summed E-state index contributed by atoms with van der Waals surface area (Å²) in [6.07, 6.45) is 15.7. The highest BCUT2D eigenvalue weighted by Crippen LogP contribution is 2.36. The van der Waals surface area contributed by atoms with Crippen LogP contribution in [-0.2, 0) is 0 Å². The molecule has 0 spiro atoms. The molecule has 118 valence electrons. The minimum atomic E-state index is 0.666. The first-order valence-corrected chi connectivity index (χ1v) is 9.29. The Bertz CT molecular complexity index is 254. The van der Waals surface area contributed by atoms with Crippen LogP contribution in [0.3, 0.4) is 0 Å². The van der Waals surface area contributed by atoms with Crippen molar-refractivity contribution < 1.29 is 0 Å². The van der Waals surface area contributed by atoms with E-state index in [1.807, 2.05) is 0 Å². The molecular formula is C18H36N2. The number of hydrogen-bond acceptors (Lipinski definition) is 2. The van der Waals surface area contributed by atoms with Crippen LogP contribution in [0.5, 0.6) is 0 Å². The lowest BCUT2D eigenvalue weighted by molar-refractivity contribution is 0.0555. The smallest absolute Gasteiger partial charge is 0.0218 e. The van der Waals surface area contributed by atoms with Crippen molar-refractivity contribution in [1.29, 1.82) is 0 Å². The van der Waals surface area contributed by atoms with Gasteiger partial charge >= 0.3 is 0 Å². The maximum absolute atomic E-state index is 6.07. The summed E-state index contributed by atoms with van der Waals surface area (Å²) in [6.45, 7) is 5.82. The van der Waals surface area contributed by atoms with Gasteiger partial charge < -0.3 is 5.73 Å². The van der Waals surface area contributed by atoms with Gasteiger partial charge in [0.05, 0.1) is 0 Å². The molecule has 2 aliphatic rings. The van der Waals surface area contributed by atoms with Crippen molar-refractivity contribution >= 4 is 0 Å². The van der Waals surface area contributed by atoms with Gasteiger partial charge in [-0.3, -0.25) is 4.90 Å². The highest BCUT2D eigenvalue weighted by molar-refractivity contribution is 4.86. The lowest BCUT2D eigenvalue weighted by Crippen LogP contribution is -2.49. The van der Waals surface area contributed by atoms with Gasteiger partial charge in [-0.1, -0.05) is 58.3 Å². The fraction of sp³-hybridized carbons (Fsp3) is 1.00. The van der Waals surface area contributed by atoms with Gasteiger partial charge in [0, 0.05) is 19.1 Å². The first-order valence-electron chi connectivity index (χ1n) is 9.29. The predicted molar refractivity (Wildman–Crippen MR) is 87.9 cm³/mol. The zero-order valence-electron chi connectivity index (χ0n) is 13.7. The molecular weight excluding hydrogens is 244 g/mol. The third kappa shape index (κ3) is 4.73. The highest BCUT2D eigenvalue weighted by Gasteiger charge is 2.33. The van der Waals surface area contributed by atoms with Crippen LogP contribution in [0.15, 0.2) is 0 Å². The molecule has 0 radical (unpaired) electrons. The number of fused-ring (bicyclic) bond motifs is 1. The van der Waals surface area contributed by atoms with E-state index in [0.29, 0.717) is 6.04 Å². The monoisotopic (exact) mass is 280 g/mol. The first kappa shape index (κ1) is 16.3. The summed E-state index contributed by atoms with van der Waals surface area (Å²) in [7, 11) is 0. The topological polar surface area (TPSA) is 29.3 Å². The molecule has 0 aromatic heterocycles. The minimum Gasteiger partial charge on any atom is -0.329 e. The molecule has 2 rings (SSSR count). The Labute approximate surface area is 126 Å². The molecule has 3 unspecified atom stereocenters. The van der Waals surface area contributed by atoms with Gasteiger partial charge in [-0.05, 0) is 37.6 Å². The number of piperidine rings is 1. The van der Waals surface area contributed by atoms with Crippen LogP contribution in [0, 0.1) is 11.8 Å². The molecule has 1 aliphatic carbocycles. The molecule has 2 N–H and O–H groups in total. The van der Waals surface area contributed by atoms with E-state index in [2.05, 4.69) is 11.8 Å². The molecule has 20 heavy (non-hydrogen) atoms. The lowest BCUT2D eigenvalue weighted by atomic mass is 9.75. The van der Waals surface area contributed by atoms with Crippen LogP contribution in [0.2, 0.25) is 0 Å². The average molecular weight is 280 g/mol. The van der Waals surface area contributed by atoms with E-state index < -0.39 is 0 Å². The van der Waals surface area contributed by atoms with Crippen LogP contribution in [0.4, 0.5) is 0 Å². The number of nitrogens with two attached hydrogens (primary N) is 1. The van der Waals surface area contributed by atoms with Gasteiger partial charge in [0.15, 0.2) is 0 Å². The van der Waals surface area contributed by atoms with Crippen molar-refractivity contribution in [3.8, 4) is 0 Å². The molecule has 1 aliphatic heterocycles. The second-order valence-corrected chi connectivity index (χ2v) is 7.18. The first-order chi connectivity index (χ1) is 9.85. The zero-order chi connectivity index (χ0) is 14.2. The van der Waals surface area contributed by atoms with E-state index in [1.165, 1.54) is 83.7 Å². The van der Waals surface area contributed by atoms with Crippen LogP contribution >= 0.6 is 0 Å². The summed E-state index contributed by atoms with van der Waals surface area (Å²) in [5, 5.41) is 0. The molecule has 0 aromatic carbocycles. The van der Waals surface area contributed by atoms with Crippen molar-refractivity contribution in [2.45, 2.75) is 83.6 Å². The summed E-state index contributed by atoms with van der Waals surface area (Å²) in [6, 6.07) is 0.666. The number of hydrogen-bond donors (Lipinski definition) is 1. The summed E-state index contributed by atoms with van der Waals surface area (Å²) >= 11 is 0. The van der Waals surface area contributed by atoms with E-state index in [9.17, 15) is 0 Å². The summed E-state index contributed by atoms with van der Waals surface area (Å²) in [5.41, 5.74) is 6.07. The van der Waals surface area contributed by atoms with Gasteiger partial charge in [0.2, 0.25) is 0 Å². The quantitative estimate of drug-likeness (QED) is 0.676. The number of nitrogens with zero attached hydrogens (tertiary/aromatic N) is 1. The number of rotatable bonds is 8. The van der Waals surface area contributed by atoms with Gasteiger partial charge in [-0.2, -0.15) is 0 Å².